The number of morpholine rings is 1. The third-order valence-corrected chi connectivity index (χ3v) is 3.41. The third kappa shape index (κ3) is 3.26. The number of aliphatic hydroxyl groups excluding tert-OH is 2. The normalized spacial score (nSPS) is 24.3. The van der Waals surface area contributed by atoms with E-state index in [1.807, 2.05) is 38.1 Å². The van der Waals surface area contributed by atoms with E-state index in [0.29, 0.717) is 6.54 Å². The van der Waals surface area contributed by atoms with Crippen LogP contribution in [0, 0.1) is 0 Å². The van der Waals surface area contributed by atoms with E-state index in [1.54, 1.807) is 6.92 Å². The molecule has 1 saturated heterocycles. The van der Waals surface area contributed by atoms with Gasteiger partial charge >= 0.3 is 0 Å². The van der Waals surface area contributed by atoms with E-state index < -0.39 is 6.10 Å². The Morgan fingerprint density at radius 2 is 2.11 bits per heavy atom. The quantitative estimate of drug-likeness (QED) is 0.873. The smallest absolute Gasteiger partial charge is 0.0988 e. The van der Waals surface area contributed by atoms with Crippen molar-refractivity contribution < 1.29 is 14.9 Å². The molecule has 0 spiro atoms. The van der Waals surface area contributed by atoms with Crippen molar-refractivity contribution in [1.29, 1.82) is 0 Å². The molecule has 1 unspecified atom stereocenters. The number of rotatable bonds is 3. The van der Waals surface area contributed by atoms with Crippen molar-refractivity contribution in [3.8, 4) is 0 Å². The lowest BCUT2D eigenvalue weighted by Gasteiger charge is -2.44. The van der Waals surface area contributed by atoms with Crippen LogP contribution in [-0.4, -0.2) is 41.6 Å². The number of anilines is 1. The van der Waals surface area contributed by atoms with Gasteiger partial charge < -0.3 is 19.8 Å². The van der Waals surface area contributed by atoms with Crippen LogP contribution in [0.5, 0.6) is 0 Å². The van der Waals surface area contributed by atoms with Crippen LogP contribution in [0.1, 0.15) is 32.4 Å². The summed E-state index contributed by atoms with van der Waals surface area (Å²) in [6.07, 6.45) is -0.694. The molecule has 1 heterocycles. The van der Waals surface area contributed by atoms with Crippen LogP contribution < -0.4 is 4.90 Å². The van der Waals surface area contributed by atoms with Crippen LogP contribution in [0.15, 0.2) is 24.3 Å². The van der Waals surface area contributed by atoms with Crippen molar-refractivity contribution in [3.63, 3.8) is 0 Å². The first-order valence-corrected chi connectivity index (χ1v) is 6.73. The van der Waals surface area contributed by atoms with Crippen molar-refractivity contribution in [3.05, 3.63) is 29.8 Å². The van der Waals surface area contributed by atoms with Crippen molar-refractivity contribution in [2.24, 2.45) is 0 Å². The van der Waals surface area contributed by atoms with Gasteiger partial charge in [-0.2, -0.15) is 0 Å². The maximum atomic E-state index is 9.88. The Balaban J connectivity index is 2.30. The average Bonchev–Trinajstić information content (AvgIpc) is 2.36. The highest BCUT2D eigenvalue weighted by atomic mass is 16.5. The minimum Gasteiger partial charge on any atom is -0.394 e. The molecule has 1 aliphatic heterocycles. The van der Waals surface area contributed by atoms with Crippen molar-refractivity contribution in [2.75, 3.05) is 24.6 Å². The summed E-state index contributed by atoms with van der Waals surface area (Å²) in [4.78, 5) is 2.19. The number of hydrogen-bond acceptors (Lipinski definition) is 4. The SMILES string of the molecule is C[C@@H](O)c1ccccc1N1CC(CO)OC(C)(C)C1. The van der Waals surface area contributed by atoms with Gasteiger partial charge in [-0.3, -0.25) is 0 Å². The Kier molecular flexibility index (Phi) is 4.13. The second-order valence-electron chi connectivity index (χ2n) is 5.80. The Morgan fingerprint density at radius 3 is 2.74 bits per heavy atom. The van der Waals surface area contributed by atoms with E-state index in [0.717, 1.165) is 17.8 Å². The lowest BCUT2D eigenvalue weighted by molar-refractivity contribution is -0.101. The predicted octanol–water partition coefficient (Wildman–Crippen LogP) is 1.72. The van der Waals surface area contributed by atoms with Gasteiger partial charge in [-0.15, -0.1) is 0 Å². The van der Waals surface area contributed by atoms with E-state index in [1.165, 1.54) is 0 Å². The average molecular weight is 265 g/mol. The monoisotopic (exact) mass is 265 g/mol. The number of para-hydroxylation sites is 1. The van der Waals surface area contributed by atoms with E-state index >= 15 is 0 Å². The summed E-state index contributed by atoms with van der Waals surface area (Å²) >= 11 is 0. The molecule has 0 saturated carbocycles. The lowest BCUT2D eigenvalue weighted by Crippen LogP contribution is -2.54. The maximum absolute atomic E-state index is 9.88. The van der Waals surface area contributed by atoms with Gasteiger partial charge in [0.15, 0.2) is 0 Å². The number of aliphatic hydroxyl groups is 2. The van der Waals surface area contributed by atoms with Gasteiger partial charge in [0.1, 0.15) is 0 Å². The Morgan fingerprint density at radius 1 is 1.42 bits per heavy atom. The fourth-order valence-electron chi connectivity index (χ4n) is 2.70. The first-order valence-electron chi connectivity index (χ1n) is 6.73. The second kappa shape index (κ2) is 5.49. The molecule has 0 aliphatic carbocycles. The Labute approximate surface area is 114 Å². The molecule has 2 N–H and O–H groups in total. The molecule has 0 radical (unpaired) electrons. The van der Waals surface area contributed by atoms with Gasteiger partial charge in [-0.1, -0.05) is 18.2 Å². The van der Waals surface area contributed by atoms with Gasteiger partial charge in [-0.25, -0.2) is 0 Å². The molecular weight excluding hydrogens is 242 g/mol. The highest BCUT2D eigenvalue weighted by Crippen LogP contribution is 2.31. The van der Waals surface area contributed by atoms with Crippen molar-refractivity contribution in [1.82, 2.24) is 0 Å². The molecule has 0 bridgehead atoms. The van der Waals surface area contributed by atoms with Gasteiger partial charge in [0.05, 0.1) is 24.4 Å². The summed E-state index contributed by atoms with van der Waals surface area (Å²) < 4.78 is 5.82. The van der Waals surface area contributed by atoms with Crippen LogP contribution in [0.2, 0.25) is 0 Å². The standard InChI is InChI=1S/C15H23NO3/c1-11(18)13-6-4-5-7-14(13)16-8-12(9-17)19-15(2,3)10-16/h4-7,11-12,17-18H,8-10H2,1-3H3/t11-,12?/m1/s1. The van der Waals surface area contributed by atoms with Crippen molar-refractivity contribution >= 4 is 5.69 Å². The zero-order valence-corrected chi connectivity index (χ0v) is 11.8. The Hall–Kier alpha value is -1.10. The van der Waals surface area contributed by atoms with E-state index in [2.05, 4.69) is 4.90 Å². The molecule has 1 fully saturated rings. The van der Waals surface area contributed by atoms with Crippen LogP contribution in [0.3, 0.4) is 0 Å². The topological polar surface area (TPSA) is 52.9 Å². The van der Waals surface area contributed by atoms with Crippen molar-refractivity contribution in [2.45, 2.75) is 38.6 Å². The first-order chi connectivity index (χ1) is 8.93. The molecule has 4 heteroatoms. The fraction of sp³-hybridized carbons (Fsp3) is 0.600. The number of nitrogens with zero attached hydrogens (tertiary/aromatic N) is 1. The van der Waals surface area contributed by atoms with Crippen LogP contribution in [0.4, 0.5) is 5.69 Å². The minimum atomic E-state index is -0.505. The van der Waals surface area contributed by atoms with Gasteiger partial charge in [0, 0.05) is 24.3 Å². The number of hydrogen-bond donors (Lipinski definition) is 2. The second-order valence-corrected chi connectivity index (χ2v) is 5.80. The molecule has 2 rings (SSSR count). The van der Waals surface area contributed by atoms with Gasteiger partial charge in [0.25, 0.3) is 0 Å². The zero-order chi connectivity index (χ0) is 14.0. The van der Waals surface area contributed by atoms with Gasteiger partial charge in [0.2, 0.25) is 0 Å². The number of benzene rings is 1. The summed E-state index contributed by atoms with van der Waals surface area (Å²) in [6, 6.07) is 7.85. The highest BCUT2D eigenvalue weighted by Gasteiger charge is 2.34. The highest BCUT2D eigenvalue weighted by molar-refractivity contribution is 5.55. The Bertz CT molecular complexity index is 431. The van der Waals surface area contributed by atoms with E-state index in [-0.39, 0.29) is 18.3 Å². The zero-order valence-electron chi connectivity index (χ0n) is 11.8. The number of ether oxygens (including phenoxy) is 1. The first kappa shape index (κ1) is 14.3. The molecule has 0 amide bonds. The van der Waals surface area contributed by atoms with Gasteiger partial charge in [-0.05, 0) is 26.8 Å². The van der Waals surface area contributed by atoms with E-state index in [9.17, 15) is 10.2 Å². The largest absolute Gasteiger partial charge is 0.394 e. The summed E-state index contributed by atoms with van der Waals surface area (Å²) in [6.45, 7) is 7.21. The molecule has 1 aliphatic rings. The molecule has 4 nitrogen and oxygen atoms in total. The molecular formula is C15H23NO3. The van der Waals surface area contributed by atoms with E-state index in [4.69, 9.17) is 4.74 Å². The van der Waals surface area contributed by atoms with Crippen LogP contribution in [0.25, 0.3) is 0 Å². The maximum Gasteiger partial charge on any atom is 0.0988 e. The fourth-order valence-corrected chi connectivity index (χ4v) is 2.70. The predicted molar refractivity (Wildman–Crippen MR) is 75.3 cm³/mol. The summed E-state index contributed by atoms with van der Waals surface area (Å²) in [5, 5.41) is 19.2. The summed E-state index contributed by atoms with van der Waals surface area (Å²) in [7, 11) is 0. The summed E-state index contributed by atoms with van der Waals surface area (Å²) in [5.41, 5.74) is 1.63. The molecule has 106 valence electrons. The summed E-state index contributed by atoms with van der Waals surface area (Å²) in [5.74, 6) is 0. The van der Waals surface area contributed by atoms with Crippen LogP contribution >= 0.6 is 0 Å². The molecule has 2 atom stereocenters. The molecule has 1 aromatic carbocycles. The third-order valence-electron chi connectivity index (χ3n) is 3.41. The van der Waals surface area contributed by atoms with Crippen LogP contribution in [-0.2, 0) is 4.74 Å². The minimum absolute atomic E-state index is 0.0107. The molecule has 1 aromatic rings. The lowest BCUT2D eigenvalue weighted by atomic mass is 10.0. The molecule has 19 heavy (non-hydrogen) atoms. The molecule has 0 aromatic heterocycles.